The van der Waals surface area contributed by atoms with Crippen molar-refractivity contribution >= 4 is 33.2 Å². The standard InChI is InChI=1S/C27H30Cl2N2O5S/c1-34-26-17-22(7-10-25(26)36-20-21-5-3-2-4-6-21)19-31(12-11-30-13-15-35-16-14-30)37(32,33)27-18-23(28)8-9-24(27)29/h2-10,17-18H,11-16,19-20H2,1H3. The van der Waals surface area contributed by atoms with E-state index in [0.29, 0.717) is 42.9 Å². The van der Waals surface area contributed by atoms with Crippen LogP contribution >= 0.6 is 23.2 Å². The molecule has 4 rings (SSSR count). The Kier molecular flexibility index (Phi) is 9.70. The fourth-order valence-electron chi connectivity index (χ4n) is 4.04. The minimum atomic E-state index is -3.94. The number of morpholine rings is 1. The maximum absolute atomic E-state index is 13.7. The highest BCUT2D eigenvalue weighted by atomic mass is 35.5. The van der Waals surface area contributed by atoms with Gasteiger partial charge in [0.15, 0.2) is 11.5 Å². The van der Waals surface area contributed by atoms with E-state index in [1.54, 1.807) is 25.3 Å². The van der Waals surface area contributed by atoms with Crippen LogP contribution in [0.15, 0.2) is 71.6 Å². The molecule has 1 aliphatic heterocycles. The Bertz CT molecular complexity index is 1290. The van der Waals surface area contributed by atoms with Gasteiger partial charge in [0, 0.05) is 37.7 Å². The summed E-state index contributed by atoms with van der Waals surface area (Å²) in [5.41, 5.74) is 1.79. The number of ether oxygens (including phenoxy) is 3. The van der Waals surface area contributed by atoms with Gasteiger partial charge in [-0.15, -0.1) is 0 Å². The minimum Gasteiger partial charge on any atom is -0.493 e. The normalized spacial score (nSPS) is 14.6. The third-order valence-corrected chi connectivity index (χ3v) is 8.67. The van der Waals surface area contributed by atoms with Gasteiger partial charge in [-0.25, -0.2) is 8.42 Å². The molecule has 0 aromatic heterocycles. The van der Waals surface area contributed by atoms with Gasteiger partial charge < -0.3 is 14.2 Å². The number of halogens is 2. The van der Waals surface area contributed by atoms with Crippen LogP contribution in [0.4, 0.5) is 0 Å². The molecule has 0 spiro atoms. The van der Waals surface area contributed by atoms with Gasteiger partial charge in [0.25, 0.3) is 0 Å². The van der Waals surface area contributed by atoms with Crippen molar-refractivity contribution in [2.24, 2.45) is 0 Å². The van der Waals surface area contributed by atoms with Crippen LogP contribution in [-0.4, -0.2) is 64.1 Å². The van der Waals surface area contributed by atoms with E-state index >= 15 is 0 Å². The highest BCUT2D eigenvalue weighted by Gasteiger charge is 2.28. The van der Waals surface area contributed by atoms with Crippen LogP contribution in [0.2, 0.25) is 10.0 Å². The van der Waals surface area contributed by atoms with Crippen LogP contribution in [0.5, 0.6) is 11.5 Å². The monoisotopic (exact) mass is 564 g/mol. The molecule has 0 atom stereocenters. The number of hydrogen-bond acceptors (Lipinski definition) is 6. The average molecular weight is 566 g/mol. The number of hydrogen-bond donors (Lipinski definition) is 0. The fraction of sp³-hybridized carbons (Fsp3) is 0.333. The van der Waals surface area contributed by atoms with Crippen LogP contribution in [-0.2, 0) is 27.9 Å². The summed E-state index contributed by atoms with van der Waals surface area (Å²) >= 11 is 12.4. The number of benzene rings is 3. The van der Waals surface area contributed by atoms with Crippen molar-refractivity contribution in [1.82, 2.24) is 9.21 Å². The molecular formula is C27H30Cl2N2O5S. The maximum atomic E-state index is 13.7. The van der Waals surface area contributed by atoms with E-state index in [0.717, 1.165) is 24.2 Å². The van der Waals surface area contributed by atoms with Crippen molar-refractivity contribution in [3.63, 3.8) is 0 Å². The molecule has 37 heavy (non-hydrogen) atoms. The van der Waals surface area contributed by atoms with E-state index in [1.807, 2.05) is 36.4 Å². The van der Waals surface area contributed by atoms with Gasteiger partial charge in [-0.2, -0.15) is 4.31 Å². The molecule has 0 radical (unpaired) electrons. The molecule has 198 valence electrons. The predicted molar refractivity (Wildman–Crippen MR) is 145 cm³/mol. The zero-order valence-corrected chi connectivity index (χ0v) is 22.9. The van der Waals surface area contributed by atoms with Crippen molar-refractivity contribution in [2.45, 2.75) is 18.0 Å². The molecule has 0 bridgehead atoms. The van der Waals surface area contributed by atoms with Gasteiger partial charge in [-0.1, -0.05) is 59.6 Å². The summed E-state index contributed by atoms with van der Waals surface area (Å²) in [6.45, 7) is 4.15. The molecule has 0 saturated carbocycles. The molecule has 0 amide bonds. The highest BCUT2D eigenvalue weighted by Crippen LogP contribution is 2.32. The van der Waals surface area contributed by atoms with Crippen LogP contribution < -0.4 is 9.47 Å². The number of nitrogens with zero attached hydrogens (tertiary/aromatic N) is 2. The van der Waals surface area contributed by atoms with Crippen LogP contribution in [0.3, 0.4) is 0 Å². The van der Waals surface area contributed by atoms with E-state index in [4.69, 9.17) is 37.4 Å². The van der Waals surface area contributed by atoms with Gasteiger partial charge in [0.2, 0.25) is 10.0 Å². The average Bonchev–Trinajstić information content (AvgIpc) is 2.92. The van der Waals surface area contributed by atoms with Crippen molar-refractivity contribution in [1.29, 1.82) is 0 Å². The summed E-state index contributed by atoms with van der Waals surface area (Å²) in [5.74, 6) is 1.11. The summed E-state index contributed by atoms with van der Waals surface area (Å²) in [5, 5.41) is 0.431. The lowest BCUT2D eigenvalue weighted by atomic mass is 10.2. The minimum absolute atomic E-state index is 0.0153. The summed E-state index contributed by atoms with van der Waals surface area (Å²) in [6, 6.07) is 19.7. The van der Waals surface area contributed by atoms with Crippen molar-refractivity contribution < 1.29 is 22.6 Å². The zero-order chi connectivity index (χ0) is 26.3. The summed E-state index contributed by atoms with van der Waals surface area (Å²) in [7, 11) is -2.38. The summed E-state index contributed by atoms with van der Waals surface area (Å²) in [6.07, 6.45) is 0. The fourth-order valence-corrected chi connectivity index (χ4v) is 6.20. The third kappa shape index (κ3) is 7.37. The zero-order valence-electron chi connectivity index (χ0n) is 20.6. The van der Waals surface area contributed by atoms with Crippen molar-refractivity contribution in [2.75, 3.05) is 46.5 Å². The van der Waals surface area contributed by atoms with E-state index in [-0.39, 0.29) is 23.0 Å². The molecule has 10 heteroatoms. The quantitative estimate of drug-likeness (QED) is 0.322. The lowest BCUT2D eigenvalue weighted by molar-refractivity contribution is 0.0361. The Morgan fingerprint density at radius 2 is 1.70 bits per heavy atom. The summed E-state index contributed by atoms with van der Waals surface area (Å²) < 4.78 is 45.9. The van der Waals surface area contributed by atoms with E-state index < -0.39 is 10.0 Å². The van der Waals surface area contributed by atoms with Crippen LogP contribution in [0.25, 0.3) is 0 Å². The predicted octanol–water partition coefficient (Wildman–Crippen LogP) is 5.10. The van der Waals surface area contributed by atoms with E-state index in [1.165, 1.54) is 16.4 Å². The van der Waals surface area contributed by atoms with Crippen molar-refractivity contribution in [3.05, 3.63) is 87.9 Å². The second-order valence-electron chi connectivity index (χ2n) is 8.63. The molecular weight excluding hydrogens is 535 g/mol. The largest absolute Gasteiger partial charge is 0.493 e. The van der Waals surface area contributed by atoms with Crippen molar-refractivity contribution in [3.8, 4) is 11.5 Å². The molecule has 0 aliphatic carbocycles. The van der Waals surface area contributed by atoms with Gasteiger partial charge in [-0.3, -0.25) is 4.90 Å². The SMILES string of the molecule is COc1cc(CN(CCN2CCOCC2)S(=O)(=O)c2cc(Cl)ccc2Cl)ccc1OCc1ccccc1. The Hall–Kier alpha value is -2.33. The Balaban J connectivity index is 1.56. The molecule has 0 N–H and O–H groups in total. The molecule has 1 aliphatic rings. The lowest BCUT2D eigenvalue weighted by Crippen LogP contribution is -2.42. The molecule has 1 heterocycles. The molecule has 1 fully saturated rings. The van der Waals surface area contributed by atoms with Gasteiger partial charge in [-0.05, 0) is 41.5 Å². The van der Waals surface area contributed by atoms with Gasteiger partial charge in [0.1, 0.15) is 11.5 Å². The second-order valence-corrected chi connectivity index (χ2v) is 11.4. The number of rotatable bonds is 11. The molecule has 0 unspecified atom stereocenters. The molecule has 3 aromatic rings. The second kappa shape index (κ2) is 13.0. The molecule has 3 aromatic carbocycles. The first-order valence-electron chi connectivity index (χ1n) is 12.0. The van der Waals surface area contributed by atoms with Crippen LogP contribution in [0, 0.1) is 0 Å². The van der Waals surface area contributed by atoms with Gasteiger partial charge >= 0.3 is 0 Å². The molecule has 1 saturated heterocycles. The topological polar surface area (TPSA) is 68.3 Å². The third-order valence-electron chi connectivity index (χ3n) is 6.10. The van der Waals surface area contributed by atoms with Crippen LogP contribution in [0.1, 0.15) is 11.1 Å². The number of methoxy groups -OCH3 is 1. The van der Waals surface area contributed by atoms with E-state index in [9.17, 15) is 8.42 Å². The Labute approximate surface area is 228 Å². The van der Waals surface area contributed by atoms with Gasteiger partial charge in [0.05, 0.1) is 25.3 Å². The summed E-state index contributed by atoms with van der Waals surface area (Å²) in [4.78, 5) is 2.17. The first kappa shape index (κ1) is 27.7. The Morgan fingerprint density at radius 1 is 0.946 bits per heavy atom. The molecule has 7 nitrogen and oxygen atoms in total. The highest BCUT2D eigenvalue weighted by molar-refractivity contribution is 7.89. The van der Waals surface area contributed by atoms with E-state index in [2.05, 4.69) is 4.90 Å². The first-order valence-corrected chi connectivity index (χ1v) is 14.2. The smallest absolute Gasteiger partial charge is 0.244 e. The maximum Gasteiger partial charge on any atom is 0.244 e. The number of sulfonamides is 1. The first-order chi connectivity index (χ1) is 17.9. The lowest BCUT2D eigenvalue weighted by Gasteiger charge is -2.30. The Morgan fingerprint density at radius 3 is 2.43 bits per heavy atom.